The molecular formula is C20H30O4. The van der Waals surface area contributed by atoms with Crippen molar-refractivity contribution in [1.29, 1.82) is 0 Å². The summed E-state index contributed by atoms with van der Waals surface area (Å²) in [7, 11) is 0. The molecule has 0 saturated heterocycles. The first kappa shape index (κ1) is 22.1. The largest absolute Gasteiger partial charge is 0.481 e. The third-order valence-electron chi connectivity index (χ3n) is 3.16. The number of aliphatic carboxylic acids is 1. The van der Waals surface area contributed by atoms with Crippen molar-refractivity contribution in [2.24, 2.45) is 0 Å². The summed E-state index contributed by atoms with van der Waals surface area (Å²) in [5, 5.41) is 27.5. The molecule has 0 spiro atoms. The minimum atomic E-state index is -0.775. The van der Waals surface area contributed by atoms with Crippen molar-refractivity contribution in [3.63, 3.8) is 0 Å². The van der Waals surface area contributed by atoms with Crippen LogP contribution in [0.3, 0.4) is 0 Å². The first-order chi connectivity index (χ1) is 11.6. The van der Waals surface area contributed by atoms with E-state index in [1.165, 1.54) is 0 Å². The zero-order valence-electron chi connectivity index (χ0n) is 14.4. The molecule has 0 aliphatic heterocycles. The maximum absolute atomic E-state index is 10.3. The van der Waals surface area contributed by atoms with Gasteiger partial charge in [0.15, 0.2) is 0 Å². The summed E-state index contributed by atoms with van der Waals surface area (Å²) in [6.07, 6.45) is 21.3. The van der Waals surface area contributed by atoms with Gasteiger partial charge in [-0.1, -0.05) is 67.7 Å². The summed E-state index contributed by atoms with van der Waals surface area (Å²) >= 11 is 0. The van der Waals surface area contributed by atoms with Crippen LogP contribution >= 0.6 is 0 Å². The Kier molecular flexibility index (Phi) is 14.7. The van der Waals surface area contributed by atoms with Crippen molar-refractivity contribution in [2.75, 3.05) is 0 Å². The molecule has 0 bridgehead atoms. The second-order valence-corrected chi connectivity index (χ2v) is 5.40. The number of carboxylic acids is 1. The number of allylic oxidation sites excluding steroid dienone is 7. The Balaban J connectivity index is 3.77. The highest BCUT2D eigenvalue weighted by atomic mass is 16.4. The molecule has 4 nitrogen and oxygen atoms in total. The zero-order chi connectivity index (χ0) is 18.0. The first-order valence-corrected chi connectivity index (χ1v) is 8.45. The normalized spacial score (nSPS) is 15.5. The summed E-state index contributed by atoms with van der Waals surface area (Å²) in [6.45, 7) is 1.93. The fraction of sp³-hybridized carbons (Fsp3) is 0.450. The van der Waals surface area contributed by atoms with Gasteiger partial charge in [-0.05, 0) is 32.1 Å². The second-order valence-electron chi connectivity index (χ2n) is 5.40. The molecule has 0 amide bonds. The average Bonchev–Trinajstić information content (AvgIpc) is 2.55. The highest BCUT2D eigenvalue weighted by Gasteiger charge is 1.95. The van der Waals surface area contributed by atoms with Gasteiger partial charge in [0.25, 0.3) is 0 Å². The number of aliphatic hydroxyl groups excluding tert-OH is 2. The van der Waals surface area contributed by atoms with Crippen LogP contribution in [0.2, 0.25) is 0 Å². The first-order valence-electron chi connectivity index (χ1n) is 8.45. The van der Waals surface area contributed by atoms with E-state index in [2.05, 4.69) is 0 Å². The Morgan fingerprint density at radius 3 is 2.12 bits per heavy atom. The van der Waals surface area contributed by atoms with Gasteiger partial charge >= 0.3 is 5.97 Å². The van der Waals surface area contributed by atoms with Crippen molar-refractivity contribution in [3.8, 4) is 0 Å². The molecule has 0 rings (SSSR count). The maximum Gasteiger partial charge on any atom is 0.303 e. The van der Waals surface area contributed by atoms with E-state index in [1.807, 2.05) is 55.5 Å². The van der Waals surface area contributed by atoms with Gasteiger partial charge in [0.2, 0.25) is 0 Å². The van der Waals surface area contributed by atoms with E-state index in [1.54, 1.807) is 12.2 Å². The standard InChI is InChI=1S/C20H30O4/c1-2-18(21)14-10-6-4-3-5-7-11-15-19(22)16-12-8-9-13-17-20(23)24/h4-8,10-12,14-15,18-19,21-22H,2-3,9,13,16-17H2,1H3,(H,23,24)/b6-4-,7-5-,12-8-,14-10+,15-11-/t18-,19+/m0/s1. The molecule has 0 aromatic rings. The minimum Gasteiger partial charge on any atom is -0.481 e. The van der Waals surface area contributed by atoms with Crippen molar-refractivity contribution in [1.82, 2.24) is 0 Å². The molecule has 4 heteroatoms. The quantitative estimate of drug-likeness (QED) is 0.271. The SMILES string of the molecule is CC[C@H](O)/C=C/C=C\C/C=C\C=C/[C@@H](O)C/C=C\CCCC(=O)O. The third kappa shape index (κ3) is 16.5. The smallest absolute Gasteiger partial charge is 0.303 e. The fourth-order valence-electron chi connectivity index (χ4n) is 1.72. The summed E-state index contributed by atoms with van der Waals surface area (Å²) in [5.74, 6) is -0.775. The van der Waals surface area contributed by atoms with Crippen LogP contribution in [0, 0.1) is 0 Å². The van der Waals surface area contributed by atoms with Gasteiger partial charge in [0, 0.05) is 6.42 Å². The van der Waals surface area contributed by atoms with Gasteiger partial charge in [0.05, 0.1) is 12.2 Å². The molecule has 0 aromatic carbocycles. The fourth-order valence-corrected chi connectivity index (χ4v) is 1.72. The molecule has 0 saturated carbocycles. The van der Waals surface area contributed by atoms with Gasteiger partial charge in [0.1, 0.15) is 0 Å². The molecule has 0 heterocycles. The Morgan fingerprint density at radius 2 is 1.54 bits per heavy atom. The van der Waals surface area contributed by atoms with Crippen LogP contribution in [0.5, 0.6) is 0 Å². The topological polar surface area (TPSA) is 77.8 Å². The number of unbranched alkanes of at least 4 members (excludes halogenated alkanes) is 1. The molecule has 0 aromatic heterocycles. The van der Waals surface area contributed by atoms with Crippen molar-refractivity contribution < 1.29 is 20.1 Å². The van der Waals surface area contributed by atoms with Crippen LogP contribution < -0.4 is 0 Å². The summed E-state index contributed by atoms with van der Waals surface area (Å²) in [5.41, 5.74) is 0. The lowest BCUT2D eigenvalue weighted by Crippen LogP contribution is -1.98. The van der Waals surface area contributed by atoms with Gasteiger partial charge in [-0.3, -0.25) is 4.79 Å². The van der Waals surface area contributed by atoms with Gasteiger partial charge in [-0.15, -0.1) is 0 Å². The zero-order valence-corrected chi connectivity index (χ0v) is 14.4. The molecule has 0 aliphatic rings. The third-order valence-corrected chi connectivity index (χ3v) is 3.16. The summed E-state index contributed by atoms with van der Waals surface area (Å²) in [6, 6.07) is 0. The minimum absolute atomic E-state index is 0.182. The molecule has 0 unspecified atom stereocenters. The Bertz CT molecular complexity index is 458. The summed E-state index contributed by atoms with van der Waals surface area (Å²) < 4.78 is 0. The van der Waals surface area contributed by atoms with Crippen molar-refractivity contribution in [3.05, 3.63) is 60.8 Å². The van der Waals surface area contributed by atoms with Crippen LogP contribution in [0.15, 0.2) is 60.8 Å². The van der Waals surface area contributed by atoms with Crippen LogP contribution in [0.1, 0.15) is 45.4 Å². The second kappa shape index (κ2) is 16.0. The van der Waals surface area contributed by atoms with Crippen LogP contribution in [0.4, 0.5) is 0 Å². The molecule has 0 aliphatic carbocycles. The number of aliphatic hydroxyl groups is 2. The monoisotopic (exact) mass is 334 g/mol. The van der Waals surface area contributed by atoms with E-state index in [0.29, 0.717) is 12.8 Å². The van der Waals surface area contributed by atoms with Crippen molar-refractivity contribution >= 4 is 5.97 Å². The lowest BCUT2D eigenvalue weighted by atomic mass is 10.2. The summed E-state index contributed by atoms with van der Waals surface area (Å²) in [4.78, 5) is 10.3. The van der Waals surface area contributed by atoms with E-state index in [4.69, 9.17) is 5.11 Å². The molecule has 2 atom stereocenters. The highest BCUT2D eigenvalue weighted by Crippen LogP contribution is 2.01. The number of hydrogen-bond acceptors (Lipinski definition) is 3. The number of rotatable bonds is 13. The Labute approximate surface area is 145 Å². The molecule has 0 radical (unpaired) electrons. The number of hydrogen-bond donors (Lipinski definition) is 3. The molecule has 3 N–H and O–H groups in total. The molecule has 0 fully saturated rings. The van der Waals surface area contributed by atoms with Gasteiger partial charge in [-0.25, -0.2) is 0 Å². The number of carbonyl (C=O) groups is 1. The Hall–Kier alpha value is -1.91. The van der Waals surface area contributed by atoms with Crippen LogP contribution in [-0.2, 0) is 4.79 Å². The number of carboxylic acid groups (broad SMARTS) is 1. The van der Waals surface area contributed by atoms with E-state index >= 15 is 0 Å². The van der Waals surface area contributed by atoms with Crippen LogP contribution in [0.25, 0.3) is 0 Å². The van der Waals surface area contributed by atoms with E-state index in [-0.39, 0.29) is 12.5 Å². The highest BCUT2D eigenvalue weighted by molar-refractivity contribution is 5.66. The van der Waals surface area contributed by atoms with E-state index in [0.717, 1.165) is 19.3 Å². The van der Waals surface area contributed by atoms with E-state index in [9.17, 15) is 15.0 Å². The van der Waals surface area contributed by atoms with Gasteiger partial charge in [-0.2, -0.15) is 0 Å². The molecular weight excluding hydrogens is 304 g/mol. The predicted molar refractivity (Wildman–Crippen MR) is 98.7 cm³/mol. The molecule has 24 heavy (non-hydrogen) atoms. The van der Waals surface area contributed by atoms with E-state index < -0.39 is 12.1 Å². The maximum atomic E-state index is 10.3. The average molecular weight is 334 g/mol. The Morgan fingerprint density at radius 1 is 0.917 bits per heavy atom. The molecule has 134 valence electrons. The predicted octanol–water partition coefficient (Wildman–Crippen LogP) is 3.93. The van der Waals surface area contributed by atoms with Crippen LogP contribution in [-0.4, -0.2) is 33.5 Å². The van der Waals surface area contributed by atoms with Gasteiger partial charge < -0.3 is 15.3 Å². The lowest BCUT2D eigenvalue weighted by molar-refractivity contribution is -0.137. The lowest BCUT2D eigenvalue weighted by Gasteiger charge is -1.99. The van der Waals surface area contributed by atoms with Crippen molar-refractivity contribution in [2.45, 2.75) is 57.7 Å².